The highest BCUT2D eigenvalue weighted by atomic mass is 31.2. The summed E-state index contributed by atoms with van der Waals surface area (Å²) >= 11 is 0. The second kappa shape index (κ2) is 10.4. The van der Waals surface area contributed by atoms with E-state index < -0.39 is 22.3 Å². The van der Waals surface area contributed by atoms with E-state index in [9.17, 15) is 4.79 Å². The minimum Gasteiger partial charge on any atom is -0.473 e. The van der Waals surface area contributed by atoms with E-state index in [2.05, 4.69) is 43.7 Å². The predicted octanol–water partition coefficient (Wildman–Crippen LogP) is 9.11. The van der Waals surface area contributed by atoms with Gasteiger partial charge in [-0.25, -0.2) is 4.79 Å². The van der Waals surface area contributed by atoms with Gasteiger partial charge in [0.1, 0.15) is 23.7 Å². The van der Waals surface area contributed by atoms with Crippen molar-refractivity contribution in [1.82, 2.24) is 0 Å². The molecule has 1 heterocycles. The zero-order valence-corrected chi connectivity index (χ0v) is 23.4. The summed E-state index contributed by atoms with van der Waals surface area (Å²) in [5.41, 5.74) is 4.41. The van der Waals surface area contributed by atoms with Gasteiger partial charge in [0.05, 0.1) is 22.2 Å². The van der Waals surface area contributed by atoms with E-state index in [0.29, 0.717) is 11.3 Å². The van der Waals surface area contributed by atoms with E-state index in [1.54, 1.807) is 0 Å². The van der Waals surface area contributed by atoms with Gasteiger partial charge in [0, 0.05) is 11.1 Å². The molecule has 5 aromatic carbocycles. The number of benzene rings is 5. The monoisotopic (exact) mass is 538 g/mol. The number of fused-ring (bicyclic) bond motifs is 7. The van der Waals surface area contributed by atoms with Crippen molar-refractivity contribution in [2.45, 2.75) is 13.5 Å². The molecule has 4 nitrogen and oxygen atoms in total. The number of hydrogen-bond acceptors (Lipinski definition) is 4. The van der Waals surface area contributed by atoms with E-state index in [1.807, 2.05) is 67.6 Å². The molecular weight excluding hydrogens is 510 g/mol. The normalized spacial score (nSPS) is 16.8. The van der Waals surface area contributed by atoms with Gasteiger partial charge in [0.2, 0.25) is 0 Å². The molecule has 1 aliphatic rings. The predicted molar refractivity (Wildman–Crippen MR) is 159 cm³/mol. The summed E-state index contributed by atoms with van der Waals surface area (Å²) in [7, 11) is -1.64. The quantitative estimate of drug-likeness (QED) is 0.170. The van der Waals surface area contributed by atoms with Crippen molar-refractivity contribution in [3.05, 3.63) is 108 Å². The van der Waals surface area contributed by atoms with Crippen LogP contribution in [0.2, 0.25) is 0 Å². The molecule has 0 fully saturated rings. The molecule has 2 atom stereocenters. The van der Waals surface area contributed by atoms with Crippen LogP contribution in [0.3, 0.4) is 0 Å². The zero-order chi connectivity index (χ0) is 26.2. The standard InChI is InChI=1S/C32H28O4P2/c1-21-12-14-22(15-13-21)19-34-32(33)27-18-24-9-5-7-11-26(24)30-29-25-10-6-4-8-23(25)16-17-28(29)35-37(2)20-38(3)36-31(27)30/h4-18H,19-20H2,1-3H3. The Bertz CT molecular complexity index is 1660. The molecular formula is C32H28O4P2. The van der Waals surface area contributed by atoms with E-state index in [0.717, 1.165) is 49.9 Å². The van der Waals surface area contributed by atoms with Crippen LogP contribution < -0.4 is 9.05 Å². The van der Waals surface area contributed by atoms with Gasteiger partial charge in [-0.05, 0) is 59.5 Å². The number of ether oxygens (including phenoxy) is 1. The third-order valence-corrected chi connectivity index (χ3v) is 10.9. The molecule has 0 saturated heterocycles. The maximum Gasteiger partial charge on any atom is 0.342 e. The Morgan fingerprint density at radius 1 is 0.789 bits per heavy atom. The molecule has 0 amide bonds. The molecule has 38 heavy (non-hydrogen) atoms. The van der Waals surface area contributed by atoms with Crippen molar-refractivity contribution in [1.29, 1.82) is 0 Å². The van der Waals surface area contributed by atoms with Crippen molar-refractivity contribution in [3.63, 3.8) is 0 Å². The zero-order valence-electron chi connectivity index (χ0n) is 21.6. The second-order valence-corrected chi connectivity index (χ2v) is 13.7. The SMILES string of the molecule is Cc1ccc(COC(=O)c2cc3ccccc3c3c2OP(C)CP(C)Oc2ccc4ccccc4c2-3)cc1. The molecule has 0 N–H and O–H groups in total. The minimum atomic E-state index is -0.881. The highest BCUT2D eigenvalue weighted by Crippen LogP contribution is 2.57. The van der Waals surface area contributed by atoms with Gasteiger partial charge in [0.15, 0.2) is 0 Å². The Labute approximate surface area is 225 Å². The van der Waals surface area contributed by atoms with Crippen LogP contribution in [0.15, 0.2) is 91.0 Å². The molecule has 6 heteroatoms. The fourth-order valence-corrected chi connectivity index (χ4v) is 8.68. The summed E-state index contributed by atoms with van der Waals surface area (Å²) in [6.45, 7) is 6.48. The molecule has 2 unspecified atom stereocenters. The van der Waals surface area contributed by atoms with Gasteiger partial charge in [-0.3, -0.25) is 0 Å². The van der Waals surface area contributed by atoms with Crippen molar-refractivity contribution in [3.8, 4) is 22.6 Å². The van der Waals surface area contributed by atoms with Gasteiger partial charge in [-0.1, -0.05) is 84.4 Å². The molecule has 0 radical (unpaired) electrons. The molecule has 0 aliphatic carbocycles. The number of carbonyl (C=O) groups is 1. The van der Waals surface area contributed by atoms with Gasteiger partial charge in [0.25, 0.3) is 0 Å². The van der Waals surface area contributed by atoms with Crippen molar-refractivity contribution in [2.75, 3.05) is 19.2 Å². The lowest BCUT2D eigenvalue weighted by Crippen LogP contribution is -2.09. The smallest absolute Gasteiger partial charge is 0.342 e. The number of hydrogen-bond donors (Lipinski definition) is 0. The summed E-state index contributed by atoms with van der Waals surface area (Å²) in [6.07, 6.45) is 0. The molecule has 0 saturated carbocycles. The van der Waals surface area contributed by atoms with Crippen LogP contribution in [0.4, 0.5) is 0 Å². The fraction of sp³-hybridized carbons (Fsp3) is 0.156. The van der Waals surface area contributed by atoms with Crippen LogP contribution >= 0.6 is 16.3 Å². The maximum atomic E-state index is 13.7. The second-order valence-electron chi connectivity index (χ2n) is 9.65. The molecule has 190 valence electrons. The van der Waals surface area contributed by atoms with Gasteiger partial charge in [-0.2, -0.15) is 0 Å². The number of carbonyl (C=O) groups excluding carboxylic acids is 1. The Morgan fingerprint density at radius 3 is 2.21 bits per heavy atom. The number of aryl methyl sites for hydroxylation is 1. The van der Waals surface area contributed by atoms with Crippen molar-refractivity contribution < 1.29 is 18.6 Å². The van der Waals surface area contributed by atoms with E-state index >= 15 is 0 Å². The van der Waals surface area contributed by atoms with E-state index in [-0.39, 0.29) is 6.61 Å². The third kappa shape index (κ3) is 4.75. The number of rotatable bonds is 3. The average molecular weight is 539 g/mol. The summed E-state index contributed by atoms with van der Waals surface area (Å²) < 4.78 is 19.2. The van der Waals surface area contributed by atoms with Crippen LogP contribution in [-0.2, 0) is 11.3 Å². The van der Waals surface area contributed by atoms with E-state index in [4.69, 9.17) is 13.8 Å². The lowest BCUT2D eigenvalue weighted by atomic mass is 9.90. The van der Waals surface area contributed by atoms with Gasteiger partial charge < -0.3 is 13.8 Å². The molecule has 5 aromatic rings. The van der Waals surface area contributed by atoms with Crippen LogP contribution in [0.5, 0.6) is 11.5 Å². The maximum absolute atomic E-state index is 13.7. The van der Waals surface area contributed by atoms with Crippen LogP contribution in [-0.4, -0.2) is 25.2 Å². The molecule has 0 aromatic heterocycles. The van der Waals surface area contributed by atoms with Crippen LogP contribution in [0.25, 0.3) is 32.7 Å². The molecule has 0 spiro atoms. The first-order chi connectivity index (χ1) is 18.5. The lowest BCUT2D eigenvalue weighted by molar-refractivity contribution is 0.0471. The van der Waals surface area contributed by atoms with Gasteiger partial charge >= 0.3 is 5.97 Å². The molecule has 6 rings (SSSR count). The third-order valence-electron chi connectivity index (χ3n) is 6.75. The van der Waals surface area contributed by atoms with E-state index in [1.165, 1.54) is 5.56 Å². The fourth-order valence-electron chi connectivity index (χ4n) is 4.98. The Balaban J connectivity index is 1.59. The first kappa shape index (κ1) is 24.9. The average Bonchev–Trinajstić information content (AvgIpc) is 2.97. The Morgan fingerprint density at radius 2 is 1.45 bits per heavy atom. The highest BCUT2D eigenvalue weighted by molar-refractivity contribution is 7.69. The first-order valence-electron chi connectivity index (χ1n) is 12.6. The number of esters is 1. The summed E-state index contributed by atoms with van der Waals surface area (Å²) in [5.74, 6) is 1.82. The lowest BCUT2D eigenvalue weighted by Gasteiger charge is -2.21. The summed E-state index contributed by atoms with van der Waals surface area (Å²) in [6, 6.07) is 30.5. The molecule has 1 aliphatic heterocycles. The van der Waals surface area contributed by atoms with Crippen molar-refractivity contribution in [2.24, 2.45) is 0 Å². The summed E-state index contributed by atoms with van der Waals surface area (Å²) in [4.78, 5) is 13.7. The minimum absolute atomic E-state index is 0.199. The Hall–Kier alpha value is -3.45. The summed E-state index contributed by atoms with van der Waals surface area (Å²) in [5, 5.41) is 4.14. The largest absolute Gasteiger partial charge is 0.473 e. The topological polar surface area (TPSA) is 44.8 Å². The molecule has 0 bridgehead atoms. The Kier molecular flexibility index (Phi) is 6.78. The van der Waals surface area contributed by atoms with Gasteiger partial charge in [-0.15, -0.1) is 0 Å². The highest BCUT2D eigenvalue weighted by Gasteiger charge is 2.29. The van der Waals surface area contributed by atoms with Crippen LogP contribution in [0, 0.1) is 6.92 Å². The first-order valence-corrected chi connectivity index (χ1v) is 16.3. The van der Waals surface area contributed by atoms with Crippen molar-refractivity contribution >= 4 is 43.8 Å². The van der Waals surface area contributed by atoms with Crippen LogP contribution in [0.1, 0.15) is 21.5 Å².